The van der Waals surface area contributed by atoms with E-state index >= 15 is 0 Å². The zero-order chi connectivity index (χ0) is 22.0. The molecular formula is C18H23N3O6S3. The van der Waals surface area contributed by atoms with Crippen LogP contribution in [-0.2, 0) is 30.1 Å². The molecule has 0 amide bonds. The molecular weight excluding hydrogens is 450 g/mol. The molecule has 2 aromatic rings. The number of nitrogens with one attached hydrogen (secondary N) is 2. The van der Waals surface area contributed by atoms with E-state index in [-0.39, 0.29) is 20.4 Å². The molecule has 0 radical (unpaired) electrons. The topological polar surface area (TPSA) is 130 Å². The molecule has 0 unspecified atom stereocenters. The monoisotopic (exact) mass is 473 g/mol. The third kappa shape index (κ3) is 4.83. The Morgan fingerprint density at radius 3 is 1.93 bits per heavy atom. The van der Waals surface area contributed by atoms with Crippen molar-refractivity contribution in [1.29, 1.82) is 0 Å². The van der Waals surface area contributed by atoms with Crippen LogP contribution in [0.2, 0.25) is 0 Å². The van der Waals surface area contributed by atoms with Crippen molar-refractivity contribution in [2.24, 2.45) is 0 Å². The molecule has 1 heterocycles. The lowest BCUT2D eigenvalue weighted by Crippen LogP contribution is -2.35. The summed E-state index contributed by atoms with van der Waals surface area (Å²) in [5.74, 6) is 0. The first-order valence-electron chi connectivity index (χ1n) is 9.23. The number of sulfonamides is 3. The zero-order valence-electron chi connectivity index (χ0n) is 16.3. The number of anilines is 1. The first kappa shape index (κ1) is 22.7. The first-order valence-corrected chi connectivity index (χ1v) is 13.6. The molecule has 3 rings (SSSR count). The van der Waals surface area contributed by atoms with Gasteiger partial charge in [0.25, 0.3) is 10.0 Å². The van der Waals surface area contributed by atoms with Crippen LogP contribution in [0.25, 0.3) is 0 Å². The molecule has 0 saturated carbocycles. The molecule has 0 bridgehead atoms. The minimum atomic E-state index is -4.14. The molecule has 0 atom stereocenters. The maximum Gasteiger partial charge on any atom is 0.261 e. The Kier molecular flexibility index (Phi) is 6.53. The maximum absolute atomic E-state index is 12.8. The molecule has 1 aliphatic heterocycles. The van der Waals surface area contributed by atoms with Crippen molar-refractivity contribution >= 4 is 35.8 Å². The summed E-state index contributed by atoms with van der Waals surface area (Å²) >= 11 is 0. The SMILES string of the molecule is CNS(=O)(=O)c1cccc(S(=O)(=O)Nc2cccc(S(=O)(=O)N3CCCCC3)c2)c1. The van der Waals surface area contributed by atoms with Crippen LogP contribution in [0.3, 0.4) is 0 Å². The highest BCUT2D eigenvalue weighted by Gasteiger charge is 2.26. The summed E-state index contributed by atoms with van der Waals surface area (Å²) in [7, 11) is -10.5. The van der Waals surface area contributed by atoms with Gasteiger partial charge in [-0.05, 0) is 56.3 Å². The Hall–Kier alpha value is -1.99. The third-order valence-electron chi connectivity index (χ3n) is 4.73. The van der Waals surface area contributed by atoms with Gasteiger partial charge in [0.1, 0.15) is 0 Å². The molecule has 12 heteroatoms. The van der Waals surface area contributed by atoms with E-state index in [2.05, 4.69) is 9.44 Å². The van der Waals surface area contributed by atoms with Crippen molar-refractivity contribution in [3.63, 3.8) is 0 Å². The van der Waals surface area contributed by atoms with Gasteiger partial charge >= 0.3 is 0 Å². The van der Waals surface area contributed by atoms with Gasteiger partial charge in [-0.1, -0.05) is 18.6 Å². The second-order valence-electron chi connectivity index (χ2n) is 6.78. The molecule has 9 nitrogen and oxygen atoms in total. The van der Waals surface area contributed by atoms with Crippen molar-refractivity contribution < 1.29 is 25.3 Å². The lowest BCUT2D eigenvalue weighted by Gasteiger charge is -2.26. The van der Waals surface area contributed by atoms with E-state index in [4.69, 9.17) is 0 Å². The van der Waals surface area contributed by atoms with Crippen LogP contribution in [0.4, 0.5) is 5.69 Å². The third-order valence-corrected chi connectivity index (χ3v) is 9.42. The summed E-state index contributed by atoms with van der Waals surface area (Å²) in [6.07, 6.45) is 2.56. The number of piperidine rings is 1. The second kappa shape index (κ2) is 8.63. The van der Waals surface area contributed by atoms with Crippen molar-refractivity contribution in [3.05, 3.63) is 48.5 Å². The number of nitrogens with zero attached hydrogens (tertiary/aromatic N) is 1. The van der Waals surface area contributed by atoms with Gasteiger partial charge in [0.05, 0.1) is 20.4 Å². The average molecular weight is 474 g/mol. The number of benzene rings is 2. The minimum Gasteiger partial charge on any atom is -0.280 e. The van der Waals surface area contributed by atoms with Gasteiger partial charge in [-0.3, -0.25) is 4.72 Å². The van der Waals surface area contributed by atoms with Crippen molar-refractivity contribution in [2.45, 2.75) is 33.9 Å². The molecule has 2 aromatic carbocycles. The summed E-state index contributed by atoms with van der Waals surface area (Å²) in [6, 6.07) is 10.4. The molecule has 1 aliphatic rings. The Labute approximate surface area is 177 Å². The predicted molar refractivity (Wildman–Crippen MR) is 113 cm³/mol. The Morgan fingerprint density at radius 1 is 0.733 bits per heavy atom. The average Bonchev–Trinajstić information content (AvgIpc) is 2.74. The summed E-state index contributed by atoms with van der Waals surface area (Å²) in [5.41, 5.74) is 0.0648. The van der Waals surface area contributed by atoms with Crippen LogP contribution in [0, 0.1) is 0 Å². The van der Waals surface area contributed by atoms with E-state index < -0.39 is 30.1 Å². The van der Waals surface area contributed by atoms with E-state index in [1.165, 1.54) is 53.8 Å². The first-order chi connectivity index (χ1) is 14.1. The molecule has 1 fully saturated rings. The summed E-state index contributed by atoms with van der Waals surface area (Å²) < 4.78 is 80.9. The van der Waals surface area contributed by atoms with Crippen molar-refractivity contribution in [3.8, 4) is 0 Å². The van der Waals surface area contributed by atoms with E-state index in [9.17, 15) is 25.3 Å². The largest absolute Gasteiger partial charge is 0.280 e. The van der Waals surface area contributed by atoms with Gasteiger partial charge in [-0.2, -0.15) is 4.31 Å². The fraction of sp³-hybridized carbons (Fsp3) is 0.333. The standard InChI is InChI=1S/C18H23N3O6S3/c1-19-28(22,23)16-8-6-9-17(14-16)29(24,25)20-15-7-5-10-18(13-15)30(26,27)21-11-3-2-4-12-21/h5-10,13-14,19-20H,2-4,11-12H2,1H3. The van der Waals surface area contributed by atoms with Crippen LogP contribution < -0.4 is 9.44 Å². The maximum atomic E-state index is 12.8. The molecule has 0 spiro atoms. The minimum absolute atomic E-state index is 0.00360. The van der Waals surface area contributed by atoms with Gasteiger partial charge in [0.2, 0.25) is 20.0 Å². The lowest BCUT2D eigenvalue weighted by atomic mass is 10.2. The van der Waals surface area contributed by atoms with Crippen LogP contribution in [0.1, 0.15) is 19.3 Å². The van der Waals surface area contributed by atoms with E-state index in [0.717, 1.165) is 25.3 Å². The van der Waals surface area contributed by atoms with Crippen LogP contribution in [0.5, 0.6) is 0 Å². The van der Waals surface area contributed by atoms with E-state index in [1.54, 1.807) is 0 Å². The number of hydrogen-bond donors (Lipinski definition) is 2. The fourth-order valence-corrected chi connectivity index (χ4v) is 6.62. The molecule has 0 aromatic heterocycles. The van der Waals surface area contributed by atoms with Crippen LogP contribution in [0.15, 0.2) is 63.2 Å². The highest BCUT2D eigenvalue weighted by Crippen LogP contribution is 2.25. The quantitative estimate of drug-likeness (QED) is 0.628. The molecule has 164 valence electrons. The Morgan fingerprint density at radius 2 is 1.30 bits per heavy atom. The van der Waals surface area contributed by atoms with Crippen molar-refractivity contribution in [2.75, 3.05) is 24.9 Å². The van der Waals surface area contributed by atoms with Crippen LogP contribution >= 0.6 is 0 Å². The molecule has 30 heavy (non-hydrogen) atoms. The van der Waals surface area contributed by atoms with Crippen molar-refractivity contribution in [1.82, 2.24) is 9.03 Å². The van der Waals surface area contributed by atoms with Gasteiger partial charge in [0.15, 0.2) is 0 Å². The summed E-state index contributed by atoms with van der Waals surface area (Å²) in [6.45, 7) is 0.871. The Bertz CT molecular complexity index is 1240. The highest BCUT2D eigenvalue weighted by atomic mass is 32.2. The van der Waals surface area contributed by atoms with Crippen LogP contribution in [-0.4, -0.2) is 49.7 Å². The summed E-state index contributed by atoms with van der Waals surface area (Å²) in [5, 5.41) is 0. The number of rotatable bonds is 7. The number of hydrogen-bond acceptors (Lipinski definition) is 6. The predicted octanol–water partition coefficient (Wildman–Crippen LogP) is 1.57. The van der Waals surface area contributed by atoms with E-state index in [0.29, 0.717) is 13.1 Å². The Balaban J connectivity index is 1.90. The van der Waals surface area contributed by atoms with Gasteiger partial charge in [-0.15, -0.1) is 0 Å². The molecule has 2 N–H and O–H groups in total. The fourth-order valence-electron chi connectivity index (χ4n) is 3.11. The zero-order valence-corrected chi connectivity index (χ0v) is 18.7. The van der Waals surface area contributed by atoms with Gasteiger partial charge in [0, 0.05) is 13.1 Å². The lowest BCUT2D eigenvalue weighted by molar-refractivity contribution is 0.346. The van der Waals surface area contributed by atoms with Gasteiger partial charge in [-0.25, -0.2) is 30.0 Å². The normalized spacial score (nSPS) is 16.3. The highest BCUT2D eigenvalue weighted by molar-refractivity contribution is 7.93. The smallest absolute Gasteiger partial charge is 0.261 e. The van der Waals surface area contributed by atoms with Gasteiger partial charge < -0.3 is 0 Å². The molecule has 0 aliphatic carbocycles. The second-order valence-corrected chi connectivity index (χ2v) is 12.3. The van der Waals surface area contributed by atoms with E-state index in [1.807, 2.05) is 0 Å². The summed E-state index contributed by atoms with van der Waals surface area (Å²) in [4.78, 5) is -0.464. The molecule has 1 saturated heterocycles.